The monoisotopic (exact) mass is 211 g/mol. The van der Waals surface area contributed by atoms with Gasteiger partial charge in [-0.05, 0) is 30.5 Å². The number of halogens is 1. The van der Waals surface area contributed by atoms with Crippen molar-refractivity contribution in [2.24, 2.45) is 5.73 Å². The summed E-state index contributed by atoms with van der Waals surface area (Å²) >= 11 is 0. The zero-order chi connectivity index (χ0) is 11.3. The topological polar surface area (TPSA) is 63.3 Å². The molecule has 3 N–H and O–H groups in total. The maximum absolute atomic E-state index is 12.6. The molecule has 3 nitrogen and oxygen atoms in total. The van der Waals surface area contributed by atoms with Crippen LogP contribution in [0, 0.1) is 5.82 Å². The fourth-order valence-electron chi connectivity index (χ4n) is 1.32. The average Bonchev–Trinajstić information content (AvgIpc) is 2.18. The molecule has 0 heterocycles. The van der Waals surface area contributed by atoms with E-state index in [1.54, 1.807) is 0 Å². The van der Waals surface area contributed by atoms with E-state index < -0.39 is 6.10 Å². The number of nitrogens with two attached hydrogens (primary N) is 1. The second-order valence-corrected chi connectivity index (χ2v) is 3.43. The predicted octanol–water partition coefficient (Wildman–Crippen LogP) is 1.51. The molecule has 0 spiro atoms. The molecule has 0 saturated carbocycles. The highest BCUT2D eigenvalue weighted by Gasteiger charge is 2.07. The zero-order valence-electron chi connectivity index (χ0n) is 8.32. The summed E-state index contributed by atoms with van der Waals surface area (Å²) in [5.74, 6) is -0.704. The van der Waals surface area contributed by atoms with Gasteiger partial charge in [-0.3, -0.25) is 4.79 Å². The molecular formula is C11H14FNO2. The molecule has 0 saturated heterocycles. The van der Waals surface area contributed by atoms with Crippen molar-refractivity contribution >= 4 is 5.91 Å². The summed E-state index contributed by atoms with van der Waals surface area (Å²) in [7, 11) is 0. The van der Waals surface area contributed by atoms with Crippen LogP contribution in [0.15, 0.2) is 24.3 Å². The van der Waals surface area contributed by atoms with Crippen LogP contribution in [0.1, 0.15) is 30.9 Å². The van der Waals surface area contributed by atoms with Crippen LogP contribution in [0.2, 0.25) is 0 Å². The van der Waals surface area contributed by atoms with Crippen LogP contribution in [0.4, 0.5) is 4.39 Å². The molecule has 1 aromatic carbocycles. The average molecular weight is 211 g/mol. The van der Waals surface area contributed by atoms with Crippen LogP contribution in [0.3, 0.4) is 0 Å². The Labute approximate surface area is 87.7 Å². The van der Waals surface area contributed by atoms with E-state index in [-0.39, 0.29) is 18.1 Å². The molecule has 0 aliphatic heterocycles. The molecule has 1 rings (SSSR count). The van der Waals surface area contributed by atoms with Gasteiger partial charge in [-0.15, -0.1) is 0 Å². The number of aliphatic hydroxyl groups is 1. The van der Waals surface area contributed by atoms with E-state index in [1.165, 1.54) is 24.3 Å². The lowest BCUT2D eigenvalue weighted by molar-refractivity contribution is -0.118. The summed E-state index contributed by atoms with van der Waals surface area (Å²) in [5, 5.41) is 9.65. The minimum absolute atomic E-state index is 0.262. The van der Waals surface area contributed by atoms with Gasteiger partial charge >= 0.3 is 0 Å². The molecule has 1 amide bonds. The van der Waals surface area contributed by atoms with Crippen molar-refractivity contribution in [3.63, 3.8) is 0 Å². The molecule has 0 aromatic heterocycles. The molecule has 1 aromatic rings. The van der Waals surface area contributed by atoms with Crippen molar-refractivity contribution in [1.82, 2.24) is 0 Å². The van der Waals surface area contributed by atoms with Crippen molar-refractivity contribution in [3.8, 4) is 0 Å². The summed E-state index contributed by atoms with van der Waals surface area (Å²) in [6, 6.07) is 5.66. The maximum atomic E-state index is 12.6. The van der Waals surface area contributed by atoms with Gasteiger partial charge in [0.05, 0.1) is 6.10 Å². The number of carbonyl (C=O) groups is 1. The van der Waals surface area contributed by atoms with Crippen molar-refractivity contribution < 1.29 is 14.3 Å². The Morgan fingerprint density at radius 1 is 1.40 bits per heavy atom. The lowest BCUT2D eigenvalue weighted by Gasteiger charge is -2.09. The van der Waals surface area contributed by atoms with Crippen molar-refractivity contribution in [2.45, 2.75) is 25.4 Å². The van der Waals surface area contributed by atoms with E-state index in [9.17, 15) is 14.3 Å². The normalized spacial score (nSPS) is 12.4. The van der Waals surface area contributed by atoms with E-state index >= 15 is 0 Å². The fraction of sp³-hybridized carbons (Fsp3) is 0.364. The van der Waals surface area contributed by atoms with E-state index in [0.29, 0.717) is 18.4 Å². The Morgan fingerprint density at radius 3 is 2.53 bits per heavy atom. The highest BCUT2D eigenvalue weighted by molar-refractivity contribution is 5.73. The van der Waals surface area contributed by atoms with E-state index in [2.05, 4.69) is 0 Å². The number of aliphatic hydroxyl groups excluding tert-OH is 1. The van der Waals surface area contributed by atoms with Crippen molar-refractivity contribution in [1.29, 1.82) is 0 Å². The van der Waals surface area contributed by atoms with E-state index in [0.717, 1.165) is 0 Å². The van der Waals surface area contributed by atoms with Crippen LogP contribution in [0.25, 0.3) is 0 Å². The Bertz CT molecular complexity index is 324. The van der Waals surface area contributed by atoms with Gasteiger partial charge in [-0.1, -0.05) is 12.1 Å². The van der Waals surface area contributed by atoms with Gasteiger partial charge in [0.1, 0.15) is 5.82 Å². The SMILES string of the molecule is NC(=O)CCCC(O)c1ccc(F)cc1. The first kappa shape index (κ1) is 11.7. The maximum Gasteiger partial charge on any atom is 0.217 e. The minimum atomic E-state index is -0.662. The summed E-state index contributed by atoms with van der Waals surface area (Å²) < 4.78 is 12.6. The van der Waals surface area contributed by atoms with Gasteiger partial charge in [0.2, 0.25) is 5.91 Å². The third kappa shape index (κ3) is 4.08. The number of primary amides is 1. The number of benzene rings is 1. The number of amides is 1. The summed E-state index contributed by atoms with van der Waals surface area (Å²) in [6.07, 6.45) is 0.589. The Balaban J connectivity index is 2.43. The van der Waals surface area contributed by atoms with Gasteiger partial charge < -0.3 is 10.8 Å². The first-order valence-electron chi connectivity index (χ1n) is 4.81. The van der Waals surface area contributed by atoms with Crippen LogP contribution < -0.4 is 5.73 Å². The number of hydrogen-bond acceptors (Lipinski definition) is 2. The number of carbonyl (C=O) groups excluding carboxylic acids is 1. The quantitative estimate of drug-likeness (QED) is 0.775. The second kappa shape index (κ2) is 5.46. The van der Waals surface area contributed by atoms with E-state index in [1.807, 2.05) is 0 Å². The largest absolute Gasteiger partial charge is 0.388 e. The fourth-order valence-corrected chi connectivity index (χ4v) is 1.32. The van der Waals surface area contributed by atoms with Crippen LogP contribution in [-0.4, -0.2) is 11.0 Å². The molecule has 0 bridgehead atoms. The molecule has 0 aliphatic carbocycles. The number of rotatable bonds is 5. The Morgan fingerprint density at radius 2 is 2.00 bits per heavy atom. The van der Waals surface area contributed by atoms with Gasteiger partial charge in [-0.25, -0.2) is 4.39 Å². The molecule has 0 fully saturated rings. The van der Waals surface area contributed by atoms with Gasteiger partial charge in [0.15, 0.2) is 0 Å². The third-order valence-corrected chi connectivity index (χ3v) is 2.16. The standard InChI is InChI=1S/C11H14FNO2/c12-9-6-4-8(5-7-9)10(14)2-1-3-11(13)15/h4-7,10,14H,1-3H2,(H2,13,15). The molecule has 0 radical (unpaired) electrons. The van der Waals surface area contributed by atoms with Crippen LogP contribution in [-0.2, 0) is 4.79 Å². The molecule has 15 heavy (non-hydrogen) atoms. The first-order valence-corrected chi connectivity index (χ1v) is 4.81. The van der Waals surface area contributed by atoms with Gasteiger partial charge in [0.25, 0.3) is 0 Å². The zero-order valence-corrected chi connectivity index (χ0v) is 8.32. The van der Waals surface area contributed by atoms with Gasteiger partial charge in [0, 0.05) is 6.42 Å². The molecular weight excluding hydrogens is 197 g/mol. The third-order valence-electron chi connectivity index (χ3n) is 2.16. The lowest BCUT2D eigenvalue weighted by Crippen LogP contribution is -2.10. The lowest BCUT2D eigenvalue weighted by atomic mass is 10.0. The van der Waals surface area contributed by atoms with Crippen molar-refractivity contribution in [3.05, 3.63) is 35.6 Å². The molecule has 4 heteroatoms. The Kier molecular flexibility index (Phi) is 4.24. The molecule has 82 valence electrons. The summed E-state index contributed by atoms with van der Waals surface area (Å²) in [6.45, 7) is 0. The molecule has 1 atom stereocenters. The summed E-state index contributed by atoms with van der Waals surface area (Å²) in [5.41, 5.74) is 5.62. The molecule has 0 aliphatic rings. The first-order chi connectivity index (χ1) is 7.09. The van der Waals surface area contributed by atoms with Crippen LogP contribution in [0.5, 0.6) is 0 Å². The smallest absolute Gasteiger partial charge is 0.217 e. The van der Waals surface area contributed by atoms with Crippen molar-refractivity contribution in [2.75, 3.05) is 0 Å². The second-order valence-electron chi connectivity index (χ2n) is 3.43. The predicted molar refractivity (Wildman–Crippen MR) is 54.4 cm³/mol. The molecule has 1 unspecified atom stereocenters. The Hall–Kier alpha value is -1.42. The van der Waals surface area contributed by atoms with Crippen LogP contribution >= 0.6 is 0 Å². The minimum Gasteiger partial charge on any atom is -0.388 e. The van der Waals surface area contributed by atoms with Gasteiger partial charge in [-0.2, -0.15) is 0 Å². The van der Waals surface area contributed by atoms with E-state index in [4.69, 9.17) is 5.73 Å². The highest BCUT2D eigenvalue weighted by Crippen LogP contribution is 2.19. The summed E-state index contributed by atoms with van der Waals surface area (Å²) in [4.78, 5) is 10.5. The number of hydrogen-bond donors (Lipinski definition) is 2. The highest BCUT2D eigenvalue weighted by atomic mass is 19.1.